The van der Waals surface area contributed by atoms with Crippen LogP contribution in [0.5, 0.6) is 0 Å². The minimum absolute atomic E-state index is 0.146. The highest BCUT2D eigenvalue weighted by molar-refractivity contribution is 6.14. The van der Waals surface area contributed by atoms with E-state index in [4.69, 9.17) is 11.8 Å². The van der Waals surface area contributed by atoms with Crippen LogP contribution in [0.4, 0.5) is 10.5 Å². The maximum absolute atomic E-state index is 11.5. The molecule has 0 bridgehead atoms. The number of hydrogen-bond donors (Lipinski definition) is 2. The lowest BCUT2D eigenvalue weighted by atomic mass is 10.2. The number of urea groups is 1. The van der Waals surface area contributed by atoms with Crippen LogP contribution in [0.3, 0.4) is 0 Å². The fourth-order valence-corrected chi connectivity index (χ4v) is 1.28. The van der Waals surface area contributed by atoms with E-state index in [0.29, 0.717) is 5.69 Å². The zero-order valence-corrected chi connectivity index (χ0v) is 9.24. The molecule has 2 N–H and O–H groups in total. The van der Waals surface area contributed by atoms with E-state index in [9.17, 15) is 4.79 Å². The van der Waals surface area contributed by atoms with Gasteiger partial charge in [-0.25, -0.2) is 4.79 Å². The molecule has 0 fully saturated rings. The summed E-state index contributed by atoms with van der Waals surface area (Å²) in [5.41, 5.74) is 1.36. The lowest BCUT2D eigenvalue weighted by molar-refractivity contribution is 0.251. The molecule has 4 nitrogen and oxygen atoms in total. The number of amides is 2. The number of terminal acetylenes is 1. The molecule has 16 heavy (non-hydrogen) atoms. The van der Waals surface area contributed by atoms with E-state index in [1.807, 2.05) is 0 Å². The van der Waals surface area contributed by atoms with Crippen molar-refractivity contribution in [3.8, 4) is 12.3 Å². The van der Waals surface area contributed by atoms with E-state index >= 15 is 0 Å². The van der Waals surface area contributed by atoms with Crippen molar-refractivity contribution in [1.82, 2.24) is 5.32 Å². The fraction of sp³-hybridized carbons (Fsp3) is 0.167. The number of carbonyl (C=O) groups excluding carboxylic acids is 1. The lowest BCUT2D eigenvalue weighted by Gasteiger charge is -2.20. The van der Waals surface area contributed by atoms with Crippen LogP contribution in [0.1, 0.15) is 12.5 Å². The molecule has 2 amide bonds. The molecule has 0 saturated carbocycles. The second-order valence-electron chi connectivity index (χ2n) is 3.17. The Morgan fingerprint density at radius 1 is 1.44 bits per heavy atom. The highest BCUT2D eigenvalue weighted by atomic mass is 16.2. The molecular weight excluding hydrogens is 202 g/mol. The number of carbonyl (C=O) groups is 1. The topological polar surface area (TPSA) is 56.2 Å². The molecular formula is C12H13N3O. The summed E-state index contributed by atoms with van der Waals surface area (Å²) in [6, 6.07) is 6.54. The van der Waals surface area contributed by atoms with Gasteiger partial charge >= 0.3 is 6.03 Å². The largest absolute Gasteiger partial charge is 0.340 e. The van der Waals surface area contributed by atoms with Crippen molar-refractivity contribution in [2.45, 2.75) is 6.92 Å². The van der Waals surface area contributed by atoms with E-state index in [0.717, 1.165) is 5.56 Å². The van der Waals surface area contributed by atoms with Crippen LogP contribution in [0.15, 0.2) is 24.3 Å². The van der Waals surface area contributed by atoms with Gasteiger partial charge < -0.3 is 5.32 Å². The van der Waals surface area contributed by atoms with Gasteiger partial charge in [0.15, 0.2) is 0 Å². The minimum atomic E-state index is -0.346. The zero-order valence-electron chi connectivity index (χ0n) is 9.24. The van der Waals surface area contributed by atoms with Crippen LogP contribution in [0.2, 0.25) is 0 Å². The highest BCUT2D eigenvalue weighted by Gasteiger charge is 2.15. The van der Waals surface area contributed by atoms with Crippen molar-refractivity contribution in [1.29, 1.82) is 5.41 Å². The van der Waals surface area contributed by atoms with Crippen molar-refractivity contribution >= 4 is 17.6 Å². The van der Waals surface area contributed by atoms with Gasteiger partial charge in [0, 0.05) is 12.6 Å². The SMILES string of the molecule is C#Cc1ccc(N(C(C)=N)C(=O)NC)cc1. The van der Waals surface area contributed by atoms with Crippen molar-refractivity contribution in [2.24, 2.45) is 0 Å². The van der Waals surface area contributed by atoms with E-state index in [2.05, 4.69) is 11.2 Å². The number of amidine groups is 1. The average molecular weight is 215 g/mol. The van der Waals surface area contributed by atoms with Gasteiger partial charge in [0.2, 0.25) is 0 Å². The summed E-state index contributed by atoms with van der Waals surface area (Å²) < 4.78 is 0. The van der Waals surface area contributed by atoms with Crippen LogP contribution in [-0.4, -0.2) is 18.9 Å². The van der Waals surface area contributed by atoms with E-state index in [-0.39, 0.29) is 11.9 Å². The van der Waals surface area contributed by atoms with E-state index in [1.165, 1.54) is 11.9 Å². The second-order valence-corrected chi connectivity index (χ2v) is 3.17. The third-order valence-electron chi connectivity index (χ3n) is 2.04. The Morgan fingerprint density at radius 3 is 2.38 bits per heavy atom. The molecule has 0 atom stereocenters. The third-order valence-corrected chi connectivity index (χ3v) is 2.04. The minimum Gasteiger partial charge on any atom is -0.340 e. The molecule has 0 spiro atoms. The van der Waals surface area contributed by atoms with Gasteiger partial charge in [0.25, 0.3) is 0 Å². The Morgan fingerprint density at radius 2 is 2.00 bits per heavy atom. The molecule has 4 heteroatoms. The van der Waals surface area contributed by atoms with Gasteiger partial charge in [-0.2, -0.15) is 0 Å². The third kappa shape index (κ3) is 2.39. The van der Waals surface area contributed by atoms with Crippen molar-refractivity contribution in [2.75, 3.05) is 11.9 Å². The number of rotatable bonds is 1. The van der Waals surface area contributed by atoms with Crippen molar-refractivity contribution < 1.29 is 4.79 Å². The molecule has 0 heterocycles. The maximum atomic E-state index is 11.5. The zero-order chi connectivity index (χ0) is 12.1. The second kappa shape index (κ2) is 4.99. The molecule has 0 aliphatic carbocycles. The summed E-state index contributed by atoms with van der Waals surface area (Å²) >= 11 is 0. The molecule has 0 saturated heterocycles. The summed E-state index contributed by atoms with van der Waals surface area (Å²) in [5.74, 6) is 2.64. The van der Waals surface area contributed by atoms with E-state index < -0.39 is 0 Å². The predicted octanol–water partition coefficient (Wildman–Crippen LogP) is 1.81. The Hall–Kier alpha value is -2.28. The molecule has 1 aromatic rings. The van der Waals surface area contributed by atoms with Gasteiger partial charge in [-0.1, -0.05) is 5.92 Å². The van der Waals surface area contributed by atoms with Gasteiger partial charge in [0.05, 0.1) is 5.69 Å². The first-order valence-electron chi connectivity index (χ1n) is 4.73. The standard InChI is InChI=1S/C12H13N3O/c1-4-10-5-7-11(8-6-10)15(9(2)13)12(16)14-3/h1,5-8,13H,2-3H3,(H,14,16). The number of benzene rings is 1. The van der Waals surface area contributed by atoms with Crippen LogP contribution < -0.4 is 10.2 Å². The molecule has 1 aromatic carbocycles. The van der Waals surface area contributed by atoms with Gasteiger partial charge in [-0.3, -0.25) is 10.3 Å². The number of hydrogen-bond acceptors (Lipinski definition) is 2. The van der Waals surface area contributed by atoms with Crippen LogP contribution >= 0.6 is 0 Å². The Bertz CT molecular complexity index is 442. The molecule has 1 rings (SSSR count). The summed E-state index contributed by atoms with van der Waals surface area (Å²) in [5, 5.41) is 10.0. The van der Waals surface area contributed by atoms with E-state index in [1.54, 1.807) is 31.2 Å². The lowest BCUT2D eigenvalue weighted by Crippen LogP contribution is -2.41. The molecule has 0 aromatic heterocycles. The van der Waals surface area contributed by atoms with Crippen molar-refractivity contribution in [3.05, 3.63) is 29.8 Å². The molecule has 0 aliphatic rings. The van der Waals surface area contributed by atoms with Crippen LogP contribution in [0.25, 0.3) is 0 Å². The van der Waals surface area contributed by atoms with Gasteiger partial charge in [0.1, 0.15) is 5.84 Å². The summed E-state index contributed by atoms with van der Waals surface area (Å²) in [7, 11) is 1.52. The summed E-state index contributed by atoms with van der Waals surface area (Å²) in [4.78, 5) is 12.8. The Kier molecular flexibility index (Phi) is 3.67. The highest BCUT2D eigenvalue weighted by Crippen LogP contribution is 2.15. The summed E-state index contributed by atoms with van der Waals surface area (Å²) in [6.07, 6.45) is 5.24. The fourth-order valence-electron chi connectivity index (χ4n) is 1.28. The predicted molar refractivity (Wildman–Crippen MR) is 64.7 cm³/mol. The normalized spacial score (nSPS) is 9.06. The quantitative estimate of drug-likeness (QED) is 0.419. The first kappa shape index (κ1) is 11.8. The maximum Gasteiger partial charge on any atom is 0.327 e. The Balaban J connectivity index is 3.08. The number of nitrogens with zero attached hydrogens (tertiary/aromatic N) is 1. The number of anilines is 1. The number of nitrogens with one attached hydrogen (secondary N) is 2. The Labute approximate surface area is 94.8 Å². The molecule has 0 aliphatic heterocycles. The van der Waals surface area contributed by atoms with Crippen molar-refractivity contribution in [3.63, 3.8) is 0 Å². The molecule has 0 radical (unpaired) electrons. The average Bonchev–Trinajstić information content (AvgIpc) is 2.29. The van der Waals surface area contributed by atoms with Gasteiger partial charge in [-0.05, 0) is 31.2 Å². The molecule has 0 unspecified atom stereocenters. The smallest absolute Gasteiger partial charge is 0.327 e. The molecule has 82 valence electrons. The van der Waals surface area contributed by atoms with Gasteiger partial charge in [-0.15, -0.1) is 6.42 Å². The first-order valence-corrected chi connectivity index (χ1v) is 4.73. The van der Waals surface area contributed by atoms with Crippen LogP contribution in [0, 0.1) is 17.8 Å². The first-order chi connectivity index (χ1) is 7.60. The van der Waals surface area contributed by atoms with Crippen LogP contribution in [-0.2, 0) is 0 Å². The summed E-state index contributed by atoms with van der Waals surface area (Å²) in [6.45, 7) is 1.55. The monoisotopic (exact) mass is 215 g/mol.